The first-order valence-electron chi connectivity index (χ1n) is 6.84. The molecule has 0 atom stereocenters. The van der Waals surface area contributed by atoms with Gasteiger partial charge in [0.25, 0.3) is 0 Å². The van der Waals surface area contributed by atoms with Gasteiger partial charge in [-0.1, -0.05) is 29.5 Å². The van der Waals surface area contributed by atoms with Crippen LogP contribution in [-0.4, -0.2) is 16.1 Å². The van der Waals surface area contributed by atoms with E-state index < -0.39 is 6.09 Å². The van der Waals surface area contributed by atoms with Crippen LogP contribution in [0.3, 0.4) is 0 Å². The van der Waals surface area contributed by atoms with E-state index in [9.17, 15) is 4.79 Å². The minimum absolute atomic E-state index is 0.0600. The molecule has 0 saturated carbocycles. The topological polar surface area (TPSA) is 143 Å². The molecule has 1 amide bonds. The maximum Gasteiger partial charge on any atom is 0.410 e. The van der Waals surface area contributed by atoms with Crippen LogP contribution in [0.25, 0.3) is 32.6 Å². The minimum atomic E-state index is -0.959. The van der Waals surface area contributed by atoms with Crippen molar-refractivity contribution in [3.8, 4) is 16.5 Å². The van der Waals surface area contributed by atoms with Crippen molar-refractivity contribution in [1.29, 1.82) is 0 Å². The van der Waals surface area contributed by atoms with Crippen LogP contribution in [-0.2, 0) is 0 Å². The molecule has 0 fully saturated rings. The van der Waals surface area contributed by atoms with Gasteiger partial charge < -0.3 is 26.4 Å². The lowest BCUT2D eigenvalue weighted by Gasteiger charge is -2.02. The van der Waals surface area contributed by atoms with Crippen LogP contribution in [0, 0.1) is 0 Å². The molecule has 4 aromatic rings. The number of fused-ring (bicyclic) bond motifs is 2. The second kappa shape index (κ2) is 5.10. The normalized spacial score (nSPS) is 11.2. The fourth-order valence-corrected chi connectivity index (χ4v) is 3.42. The Morgan fingerprint density at radius 1 is 1.21 bits per heavy atom. The van der Waals surface area contributed by atoms with Crippen LogP contribution in [0.2, 0.25) is 0 Å². The molecular formula is C15H11N5O3S. The summed E-state index contributed by atoms with van der Waals surface area (Å²) in [6.45, 7) is 0. The van der Waals surface area contributed by atoms with Gasteiger partial charge in [0.15, 0.2) is 5.76 Å². The van der Waals surface area contributed by atoms with Gasteiger partial charge >= 0.3 is 6.09 Å². The van der Waals surface area contributed by atoms with Gasteiger partial charge in [0.1, 0.15) is 16.1 Å². The molecule has 0 radical (unpaired) electrons. The summed E-state index contributed by atoms with van der Waals surface area (Å²) in [5.74, 6) is 0.551. The number of ether oxygens (including phenoxy) is 1. The Kier molecular flexibility index (Phi) is 3.03. The standard InChI is InChI=1S/C15H11N5O3S/c16-10-9-11(8-5-6-3-1-2-4-7(6)22-8)19-14(17)20-12(9)24-13(10)23-15(18)21/h1-5H,16H2,(H2,18,21)(H2,17,19,20). The molecule has 4 rings (SSSR count). The lowest BCUT2D eigenvalue weighted by atomic mass is 10.2. The number of nitrogen functional groups attached to an aromatic ring is 2. The minimum Gasteiger partial charge on any atom is -0.454 e. The number of furan rings is 1. The number of hydrogen-bond acceptors (Lipinski definition) is 8. The zero-order valence-electron chi connectivity index (χ0n) is 12.1. The molecule has 0 bridgehead atoms. The van der Waals surface area contributed by atoms with Crippen LogP contribution in [0.15, 0.2) is 34.7 Å². The smallest absolute Gasteiger partial charge is 0.410 e. The van der Waals surface area contributed by atoms with Crippen LogP contribution >= 0.6 is 11.3 Å². The first-order valence-corrected chi connectivity index (χ1v) is 7.66. The second-order valence-electron chi connectivity index (χ2n) is 4.98. The maximum absolute atomic E-state index is 11.0. The van der Waals surface area contributed by atoms with Gasteiger partial charge in [-0.25, -0.2) is 14.8 Å². The number of carbonyl (C=O) groups is 1. The second-order valence-corrected chi connectivity index (χ2v) is 5.94. The average molecular weight is 341 g/mol. The van der Waals surface area contributed by atoms with E-state index in [-0.39, 0.29) is 16.7 Å². The number of primary amides is 1. The fourth-order valence-electron chi connectivity index (χ4n) is 2.46. The molecule has 0 aliphatic heterocycles. The monoisotopic (exact) mass is 341 g/mol. The summed E-state index contributed by atoms with van der Waals surface area (Å²) in [6, 6.07) is 9.38. The highest BCUT2D eigenvalue weighted by Gasteiger charge is 2.21. The highest BCUT2D eigenvalue weighted by Crippen LogP contribution is 2.44. The third-order valence-electron chi connectivity index (χ3n) is 3.42. The predicted molar refractivity (Wildman–Crippen MR) is 91.7 cm³/mol. The number of hydrogen-bond donors (Lipinski definition) is 3. The molecule has 1 aromatic carbocycles. The molecule has 3 aromatic heterocycles. The lowest BCUT2D eigenvalue weighted by Crippen LogP contribution is -2.16. The van der Waals surface area contributed by atoms with Gasteiger partial charge in [-0.05, 0) is 12.1 Å². The van der Waals surface area contributed by atoms with E-state index >= 15 is 0 Å². The van der Waals surface area contributed by atoms with Gasteiger partial charge in [-0.15, -0.1) is 0 Å². The summed E-state index contributed by atoms with van der Waals surface area (Å²) in [7, 11) is 0. The Labute approximate surface area is 138 Å². The molecule has 8 nitrogen and oxygen atoms in total. The number of thiophene rings is 1. The maximum atomic E-state index is 11.0. The molecule has 6 N–H and O–H groups in total. The number of anilines is 2. The zero-order chi connectivity index (χ0) is 16.8. The molecule has 0 unspecified atom stereocenters. The zero-order valence-corrected chi connectivity index (χ0v) is 13.0. The average Bonchev–Trinajstić information content (AvgIpc) is 3.08. The molecule has 0 aliphatic rings. The summed E-state index contributed by atoms with van der Waals surface area (Å²) in [5, 5.41) is 1.57. The summed E-state index contributed by atoms with van der Waals surface area (Å²) in [6.07, 6.45) is -0.959. The number of amides is 1. The van der Waals surface area contributed by atoms with Crippen molar-refractivity contribution >= 4 is 50.3 Å². The summed E-state index contributed by atoms with van der Waals surface area (Å²) < 4.78 is 10.7. The Morgan fingerprint density at radius 2 is 2.00 bits per heavy atom. The summed E-state index contributed by atoms with van der Waals surface area (Å²) in [5.41, 5.74) is 18.3. The van der Waals surface area contributed by atoms with Gasteiger partial charge in [-0.3, -0.25) is 0 Å². The summed E-state index contributed by atoms with van der Waals surface area (Å²) in [4.78, 5) is 19.9. The highest BCUT2D eigenvalue weighted by molar-refractivity contribution is 7.21. The lowest BCUT2D eigenvalue weighted by molar-refractivity contribution is 0.212. The predicted octanol–water partition coefficient (Wildman–Crippen LogP) is 2.73. The van der Waals surface area contributed by atoms with Gasteiger partial charge in [0.2, 0.25) is 11.0 Å². The van der Waals surface area contributed by atoms with Crippen molar-refractivity contribution in [3.63, 3.8) is 0 Å². The number of nitrogens with zero attached hydrogens (tertiary/aromatic N) is 2. The molecule has 9 heteroatoms. The van der Waals surface area contributed by atoms with E-state index in [0.29, 0.717) is 27.3 Å². The van der Waals surface area contributed by atoms with Crippen molar-refractivity contribution in [2.75, 3.05) is 11.5 Å². The van der Waals surface area contributed by atoms with E-state index in [2.05, 4.69) is 9.97 Å². The third-order valence-corrected chi connectivity index (χ3v) is 4.40. The van der Waals surface area contributed by atoms with Crippen molar-refractivity contribution in [1.82, 2.24) is 9.97 Å². The van der Waals surface area contributed by atoms with Crippen molar-refractivity contribution in [3.05, 3.63) is 30.3 Å². The van der Waals surface area contributed by atoms with Gasteiger partial charge in [-0.2, -0.15) is 0 Å². The number of carbonyl (C=O) groups excluding carboxylic acids is 1. The number of para-hydroxylation sites is 1. The Morgan fingerprint density at radius 3 is 2.75 bits per heavy atom. The Hall–Kier alpha value is -3.33. The molecule has 24 heavy (non-hydrogen) atoms. The highest BCUT2D eigenvalue weighted by atomic mass is 32.1. The van der Waals surface area contributed by atoms with E-state index in [1.165, 1.54) is 0 Å². The summed E-state index contributed by atoms with van der Waals surface area (Å²) >= 11 is 1.06. The van der Waals surface area contributed by atoms with E-state index in [1.807, 2.05) is 30.3 Å². The molecule has 120 valence electrons. The molecular weight excluding hydrogens is 330 g/mol. The first kappa shape index (κ1) is 14.3. The molecule has 0 saturated heterocycles. The van der Waals surface area contributed by atoms with E-state index in [4.69, 9.17) is 26.4 Å². The number of aromatic nitrogens is 2. The number of rotatable bonds is 2. The fraction of sp³-hybridized carbons (Fsp3) is 0. The van der Waals surface area contributed by atoms with Crippen molar-refractivity contribution < 1.29 is 13.9 Å². The van der Waals surface area contributed by atoms with E-state index in [0.717, 1.165) is 16.7 Å². The molecule has 0 spiro atoms. The van der Waals surface area contributed by atoms with Crippen LogP contribution < -0.4 is 21.9 Å². The Bertz CT molecular complexity index is 1070. The van der Waals surface area contributed by atoms with Crippen LogP contribution in [0.5, 0.6) is 5.06 Å². The Balaban J connectivity index is 2.00. The van der Waals surface area contributed by atoms with Gasteiger partial charge in [0.05, 0.1) is 11.1 Å². The molecule has 3 heterocycles. The van der Waals surface area contributed by atoms with Crippen LogP contribution in [0.4, 0.5) is 16.4 Å². The first-order chi connectivity index (χ1) is 11.5. The quantitative estimate of drug-likeness (QED) is 0.508. The third kappa shape index (κ3) is 2.18. The largest absolute Gasteiger partial charge is 0.454 e. The van der Waals surface area contributed by atoms with Crippen molar-refractivity contribution in [2.45, 2.75) is 0 Å². The van der Waals surface area contributed by atoms with Gasteiger partial charge in [0, 0.05) is 5.39 Å². The number of nitrogens with two attached hydrogens (primary N) is 3. The van der Waals surface area contributed by atoms with E-state index in [1.54, 1.807) is 0 Å². The van der Waals surface area contributed by atoms with Crippen molar-refractivity contribution in [2.24, 2.45) is 5.73 Å². The van der Waals surface area contributed by atoms with Crippen LogP contribution in [0.1, 0.15) is 0 Å². The SMILES string of the molecule is NC(=O)Oc1sc2nc(N)nc(-c3cc4ccccc4o3)c2c1N. The molecule has 0 aliphatic carbocycles. The number of benzene rings is 1.